The van der Waals surface area contributed by atoms with Crippen molar-refractivity contribution in [3.63, 3.8) is 0 Å². The molecule has 0 aromatic rings. The average Bonchev–Trinajstić information content (AvgIpc) is 2.55. The Morgan fingerprint density at radius 1 is 1.12 bits per heavy atom. The fourth-order valence-corrected chi connectivity index (χ4v) is 3.51. The minimum absolute atomic E-state index is 0. The van der Waals surface area contributed by atoms with E-state index in [2.05, 4.69) is 12.2 Å². The van der Waals surface area contributed by atoms with Crippen LogP contribution in [-0.4, -0.2) is 73.9 Å². The average molecular weight is 426 g/mol. The van der Waals surface area contributed by atoms with Crippen LogP contribution in [0.4, 0.5) is 17.6 Å². The lowest BCUT2D eigenvalue weighted by molar-refractivity contribution is -0.148. The summed E-state index contributed by atoms with van der Waals surface area (Å²) in [6.07, 6.45) is -1.03. The molecule has 2 rings (SSSR count). The molecule has 1 amide bonds. The van der Waals surface area contributed by atoms with Crippen molar-refractivity contribution in [1.82, 2.24) is 15.1 Å². The third-order valence-corrected chi connectivity index (χ3v) is 5.16. The first-order chi connectivity index (χ1) is 11.3. The van der Waals surface area contributed by atoms with Gasteiger partial charge in [-0.25, -0.2) is 8.78 Å². The first-order valence-corrected chi connectivity index (χ1v) is 8.66. The van der Waals surface area contributed by atoms with Crippen molar-refractivity contribution in [3.05, 3.63) is 0 Å². The van der Waals surface area contributed by atoms with Crippen LogP contribution in [0.5, 0.6) is 0 Å². The number of piperidine rings is 1. The van der Waals surface area contributed by atoms with E-state index in [1.807, 2.05) is 0 Å². The van der Waals surface area contributed by atoms with Gasteiger partial charge in [-0.05, 0) is 37.8 Å². The Hall–Kier alpha value is -0.310. The van der Waals surface area contributed by atoms with Crippen LogP contribution in [0, 0.1) is 11.8 Å². The summed E-state index contributed by atoms with van der Waals surface area (Å²) in [5, 5.41) is 3.30. The molecule has 0 bridgehead atoms. The van der Waals surface area contributed by atoms with Gasteiger partial charge in [-0.2, -0.15) is 8.78 Å². The molecule has 2 aliphatic rings. The molecule has 0 saturated carbocycles. The van der Waals surface area contributed by atoms with Gasteiger partial charge in [-0.3, -0.25) is 9.69 Å². The standard InChI is InChI=1S/C16H27F4N3O.2ClH/c1-12(13-2-4-21-5-3-13)10-14(24)23-8-6-22(7-9-23)11-16(19,20)15(17)18;;/h12-13,15,21H,2-11H2,1H3;2*1H. The van der Waals surface area contributed by atoms with E-state index in [0.717, 1.165) is 25.9 Å². The Morgan fingerprint density at radius 2 is 1.65 bits per heavy atom. The highest BCUT2D eigenvalue weighted by Gasteiger charge is 2.42. The maximum absolute atomic E-state index is 13.1. The number of carbonyl (C=O) groups excluding carboxylic acids is 1. The maximum Gasteiger partial charge on any atom is 0.319 e. The monoisotopic (exact) mass is 425 g/mol. The van der Waals surface area contributed by atoms with Gasteiger partial charge in [0.1, 0.15) is 0 Å². The molecule has 2 fully saturated rings. The van der Waals surface area contributed by atoms with E-state index in [9.17, 15) is 22.4 Å². The molecule has 2 aliphatic heterocycles. The normalized spacial score (nSPS) is 21.1. The Balaban J connectivity index is 0.00000312. The third-order valence-electron chi connectivity index (χ3n) is 5.16. The highest BCUT2D eigenvalue weighted by atomic mass is 35.5. The largest absolute Gasteiger partial charge is 0.340 e. The summed E-state index contributed by atoms with van der Waals surface area (Å²) in [5.41, 5.74) is 0. The number of piperazine rings is 1. The van der Waals surface area contributed by atoms with Gasteiger partial charge in [0.2, 0.25) is 5.91 Å². The summed E-state index contributed by atoms with van der Waals surface area (Å²) >= 11 is 0. The van der Waals surface area contributed by atoms with Gasteiger partial charge in [0, 0.05) is 32.6 Å². The molecule has 0 spiro atoms. The van der Waals surface area contributed by atoms with Crippen LogP contribution in [0.15, 0.2) is 0 Å². The summed E-state index contributed by atoms with van der Waals surface area (Å²) in [4.78, 5) is 15.4. The topological polar surface area (TPSA) is 35.6 Å². The summed E-state index contributed by atoms with van der Waals surface area (Å²) in [6, 6.07) is 0. The number of nitrogens with one attached hydrogen (secondary N) is 1. The van der Waals surface area contributed by atoms with E-state index >= 15 is 0 Å². The quantitative estimate of drug-likeness (QED) is 0.664. The molecular weight excluding hydrogens is 397 g/mol. The number of halogens is 6. The van der Waals surface area contributed by atoms with Crippen LogP contribution < -0.4 is 5.32 Å². The van der Waals surface area contributed by atoms with E-state index in [0.29, 0.717) is 31.3 Å². The lowest BCUT2D eigenvalue weighted by Gasteiger charge is -2.37. The van der Waals surface area contributed by atoms with Gasteiger partial charge in [0.15, 0.2) is 0 Å². The van der Waals surface area contributed by atoms with Crippen molar-refractivity contribution in [2.24, 2.45) is 11.8 Å². The van der Waals surface area contributed by atoms with Crippen molar-refractivity contribution in [2.45, 2.75) is 38.5 Å². The lowest BCUT2D eigenvalue weighted by Crippen LogP contribution is -2.53. The zero-order chi connectivity index (χ0) is 17.7. The summed E-state index contributed by atoms with van der Waals surface area (Å²) in [7, 11) is 0. The Morgan fingerprint density at radius 3 is 2.15 bits per heavy atom. The number of hydrogen-bond donors (Lipinski definition) is 1. The fraction of sp³-hybridized carbons (Fsp3) is 0.938. The number of carbonyl (C=O) groups is 1. The van der Waals surface area contributed by atoms with Gasteiger partial charge >= 0.3 is 12.3 Å². The molecule has 0 aliphatic carbocycles. The SMILES string of the molecule is CC(CC(=O)N1CCN(CC(F)(F)C(F)F)CC1)C1CCNCC1.Cl.Cl. The summed E-state index contributed by atoms with van der Waals surface area (Å²) in [6.45, 7) is 4.21. The highest BCUT2D eigenvalue weighted by molar-refractivity contribution is 5.85. The first kappa shape index (κ1) is 25.7. The molecule has 4 nitrogen and oxygen atoms in total. The van der Waals surface area contributed by atoms with E-state index in [4.69, 9.17) is 0 Å². The van der Waals surface area contributed by atoms with Crippen molar-refractivity contribution < 1.29 is 22.4 Å². The van der Waals surface area contributed by atoms with Gasteiger partial charge in [0.25, 0.3) is 0 Å². The molecular formula is C16H29Cl2F4N3O. The second kappa shape index (κ2) is 11.5. The zero-order valence-electron chi connectivity index (χ0n) is 14.9. The van der Waals surface area contributed by atoms with Crippen LogP contribution in [0.1, 0.15) is 26.2 Å². The zero-order valence-corrected chi connectivity index (χ0v) is 16.6. The van der Waals surface area contributed by atoms with Crippen LogP contribution in [0.25, 0.3) is 0 Å². The maximum atomic E-state index is 13.1. The fourth-order valence-electron chi connectivity index (χ4n) is 3.51. The minimum atomic E-state index is -3.99. The smallest absolute Gasteiger partial charge is 0.319 e. The van der Waals surface area contributed by atoms with E-state index < -0.39 is 18.9 Å². The van der Waals surface area contributed by atoms with Gasteiger partial charge in [-0.15, -0.1) is 24.8 Å². The molecule has 0 aromatic carbocycles. The Labute approximate surface area is 164 Å². The second-order valence-corrected chi connectivity index (χ2v) is 6.99. The molecule has 0 radical (unpaired) electrons. The lowest BCUT2D eigenvalue weighted by atomic mass is 9.84. The van der Waals surface area contributed by atoms with Crippen LogP contribution >= 0.6 is 24.8 Å². The molecule has 1 N–H and O–H groups in total. The van der Waals surface area contributed by atoms with Crippen molar-refractivity contribution >= 4 is 30.7 Å². The van der Waals surface area contributed by atoms with E-state index in [1.54, 1.807) is 4.90 Å². The molecule has 2 saturated heterocycles. The molecule has 26 heavy (non-hydrogen) atoms. The molecule has 156 valence electrons. The predicted molar refractivity (Wildman–Crippen MR) is 97.8 cm³/mol. The van der Waals surface area contributed by atoms with E-state index in [-0.39, 0.29) is 43.8 Å². The molecule has 10 heteroatoms. The van der Waals surface area contributed by atoms with Crippen molar-refractivity contribution in [3.8, 4) is 0 Å². The highest BCUT2D eigenvalue weighted by Crippen LogP contribution is 2.26. The van der Waals surface area contributed by atoms with Gasteiger partial charge < -0.3 is 10.2 Å². The van der Waals surface area contributed by atoms with Crippen molar-refractivity contribution in [2.75, 3.05) is 45.8 Å². The minimum Gasteiger partial charge on any atom is -0.340 e. The van der Waals surface area contributed by atoms with Crippen molar-refractivity contribution in [1.29, 1.82) is 0 Å². The first-order valence-electron chi connectivity index (χ1n) is 8.66. The molecule has 0 aromatic heterocycles. The number of rotatable bonds is 6. The Kier molecular flexibility index (Phi) is 11.4. The summed E-state index contributed by atoms with van der Waals surface area (Å²) < 4.78 is 50.7. The van der Waals surface area contributed by atoms with Crippen LogP contribution in [-0.2, 0) is 4.79 Å². The number of nitrogens with zero attached hydrogens (tertiary/aromatic N) is 2. The molecule has 2 heterocycles. The predicted octanol–water partition coefficient (Wildman–Crippen LogP) is 2.90. The third kappa shape index (κ3) is 7.37. The number of hydrogen-bond acceptors (Lipinski definition) is 3. The number of amides is 1. The van der Waals surface area contributed by atoms with E-state index in [1.165, 1.54) is 4.90 Å². The van der Waals surface area contributed by atoms with Gasteiger partial charge in [-0.1, -0.05) is 6.92 Å². The molecule has 1 atom stereocenters. The van der Waals surface area contributed by atoms with Crippen LogP contribution in [0.3, 0.4) is 0 Å². The molecule has 1 unspecified atom stereocenters. The second-order valence-electron chi connectivity index (χ2n) is 6.99. The van der Waals surface area contributed by atoms with Gasteiger partial charge in [0.05, 0.1) is 6.54 Å². The van der Waals surface area contributed by atoms with Crippen LogP contribution in [0.2, 0.25) is 0 Å². The summed E-state index contributed by atoms with van der Waals surface area (Å²) in [5.74, 6) is -3.10. The Bertz CT molecular complexity index is 418. The number of alkyl halides is 4.